The summed E-state index contributed by atoms with van der Waals surface area (Å²) in [4.78, 5) is 12.1. The van der Waals surface area contributed by atoms with Gasteiger partial charge in [-0.2, -0.15) is 0 Å². The zero-order valence-electron chi connectivity index (χ0n) is 9.38. The number of rotatable bonds is 2. The molecule has 0 heterocycles. The second kappa shape index (κ2) is 6.14. The van der Waals surface area contributed by atoms with E-state index >= 15 is 0 Å². The van der Waals surface area contributed by atoms with Gasteiger partial charge in [-0.3, -0.25) is 4.79 Å². The van der Waals surface area contributed by atoms with Crippen LogP contribution in [0.2, 0.25) is 15.1 Å². The van der Waals surface area contributed by atoms with Crippen LogP contribution in [0.25, 0.3) is 0 Å². The number of carbonyl (C=O) groups is 1. The fourth-order valence-corrected chi connectivity index (χ4v) is 2.50. The van der Waals surface area contributed by atoms with Crippen molar-refractivity contribution < 1.29 is 4.79 Å². The molecule has 0 bridgehead atoms. The molecule has 0 aliphatic heterocycles. The summed E-state index contributed by atoms with van der Waals surface area (Å²) in [6.45, 7) is 0. The molecule has 1 amide bonds. The van der Waals surface area contributed by atoms with Gasteiger partial charge in [0.25, 0.3) is 5.91 Å². The molecule has 1 N–H and O–H groups in total. The van der Waals surface area contributed by atoms with Crippen molar-refractivity contribution in [1.29, 1.82) is 0 Å². The second-order valence-corrected chi connectivity index (χ2v) is 5.72. The Morgan fingerprint density at radius 3 is 2.47 bits per heavy atom. The topological polar surface area (TPSA) is 29.1 Å². The summed E-state index contributed by atoms with van der Waals surface area (Å²) in [6.07, 6.45) is 0. The van der Waals surface area contributed by atoms with Gasteiger partial charge in [-0.1, -0.05) is 40.9 Å². The smallest absolute Gasteiger partial charge is 0.257 e. The van der Waals surface area contributed by atoms with Gasteiger partial charge >= 0.3 is 0 Å². The maximum atomic E-state index is 12.1. The number of halogens is 4. The molecule has 2 aromatic carbocycles. The highest BCUT2D eigenvalue weighted by Crippen LogP contribution is 2.31. The van der Waals surface area contributed by atoms with Crippen molar-refractivity contribution in [2.75, 3.05) is 5.32 Å². The SMILES string of the molecule is O=C(Nc1cccc(Cl)c1Br)c1ccc(Cl)cc1Cl. The van der Waals surface area contributed by atoms with Crippen molar-refractivity contribution in [2.24, 2.45) is 0 Å². The normalized spacial score (nSPS) is 10.3. The number of hydrogen-bond acceptors (Lipinski definition) is 1. The highest BCUT2D eigenvalue weighted by molar-refractivity contribution is 9.10. The van der Waals surface area contributed by atoms with E-state index in [0.717, 1.165) is 0 Å². The van der Waals surface area contributed by atoms with Crippen LogP contribution in [0.5, 0.6) is 0 Å². The van der Waals surface area contributed by atoms with Crippen LogP contribution in [0.3, 0.4) is 0 Å². The summed E-state index contributed by atoms with van der Waals surface area (Å²) in [7, 11) is 0. The molecule has 0 radical (unpaired) electrons. The Labute approximate surface area is 133 Å². The van der Waals surface area contributed by atoms with E-state index in [-0.39, 0.29) is 5.91 Å². The minimum Gasteiger partial charge on any atom is -0.321 e. The van der Waals surface area contributed by atoms with Crippen molar-refractivity contribution in [3.8, 4) is 0 Å². The van der Waals surface area contributed by atoms with Crippen LogP contribution in [0.15, 0.2) is 40.9 Å². The van der Waals surface area contributed by atoms with Gasteiger partial charge in [-0.25, -0.2) is 0 Å². The van der Waals surface area contributed by atoms with E-state index < -0.39 is 0 Å². The van der Waals surface area contributed by atoms with Crippen LogP contribution < -0.4 is 5.32 Å². The molecule has 98 valence electrons. The van der Waals surface area contributed by atoms with Gasteiger partial charge < -0.3 is 5.32 Å². The van der Waals surface area contributed by atoms with Gasteiger partial charge in [0.1, 0.15) is 0 Å². The zero-order valence-corrected chi connectivity index (χ0v) is 13.2. The second-order valence-electron chi connectivity index (χ2n) is 3.68. The van der Waals surface area contributed by atoms with Crippen molar-refractivity contribution in [3.63, 3.8) is 0 Å². The Morgan fingerprint density at radius 1 is 1.05 bits per heavy atom. The van der Waals surface area contributed by atoms with E-state index in [1.807, 2.05) is 0 Å². The van der Waals surface area contributed by atoms with E-state index in [0.29, 0.717) is 30.8 Å². The number of nitrogens with one attached hydrogen (secondary N) is 1. The molecule has 2 nitrogen and oxygen atoms in total. The first-order valence-electron chi connectivity index (χ1n) is 5.19. The van der Waals surface area contributed by atoms with Gasteiger partial charge in [0, 0.05) is 5.02 Å². The van der Waals surface area contributed by atoms with E-state index in [2.05, 4.69) is 21.2 Å². The number of amides is 1. The van der Waals surface area contributed by atoms with Crippen molar-refractivity contribution >= 4 is 62.3 Å². The van der Waals surface area contributed by atoms with Crippen LogP contribution in [0, 0.1) is 0 Å². The quantitative estimate of drug-likeness (QED) is 0.716. The summed E-state index contributed by atoms with van der Waals surface area (Å²) < 4.78 is 0.620. The van der Waals surface area contributed by atoms with Crippen LogP contribution in [-0.2, 0) is 0 Å². The first kappa shape index (κ1) is 14.7. The molecule has 0 aromatic heterocycles. The third kappa shape index (κ3) is 3.42. The van der Waals surface area contributed by atoms with Crippen LogP contribution in [0.4, 0.5) is 5.69 Å². The number of carbonyl (C=O) groups excluding carboxylic acids is 1. The lowest BCUT2D eigenvalue weighted by Gasteiger charge is -2.09. The lowest BCUT2D eigenvalue weighted by atomic mass is 10.2. The average molecular weight is 379 g/mol. The first-order chi connectivity index (χ1) is 8.99. The molecule has 0 fully saturated rings. The minimum atomic E-state index is -0.329. The van der Waals surface area contributed by atoms with Gasteiger partial charge in [0.05, 0.1) is 25.8 Å². The molecular formula is C13H7BrCl3NO. The molecule has 19 heavy (non-hydrogen) atoms. The van der Waals surface area contributed by atoms with Crippen LogP contribution >= 0.6 is 50.7 Å². The maximum absolute atomic E-state index is 12.1. The van der Waals surface area contributed by atoms with Crippen molar-refractivity contribution in [2.45, 2.75) is 0 Å². The summed E-state index contributed by atoms with van der Waals surface area (Å²) in [5, 5.41) is 4.02. The monoisotopic (exact) mass is 377 g/mol. The van der Waals surface area contributed by atoms with Crippen LogP contribution in [0.1, 0.15) is 10.4 Å². The number of hydrogen-bond donors (Lipinski definition) is 1. The van der Waals surface area contributed by atoms with Gasteiger partial charge in [-0.05, 0) is 46.3 Å². The summed E-state index contributed by atoms with van der Waals surface area (Å²) in [5.41, 5.74) is 0.918. The molecule has 6 heteroatoms. The first-order valence-corrected chi connectivity index (χ1v) is 7.12. The third-order valence-corrected chi connectivity index (χ3v) is 4.32. The molecule has 0 unspecified atom stereocenters. The summed E-state index contributed by atoms with van der Waals surface area (Å²) in [5.74, 6) is -0.329. The minimum absolute atomic E-state index is 0.295. The highest BCUT2D eigenvalue weighted by Gasteiger charge is 2.13. The van der Waals surface area contributed by atoms with E-state index in [4.69, 9.17) is 34.8 Å². The molecule has 0 atom stereocenters. The van der Waals surface area contributed by atoms with Gasteiger partial charge in [0.2, 0.25) is 0 Å². The lowest BCUT2D eigenvalue weighted by Crippen LogP contribution is -2.12. The standard InChI is InChI=1S/C13H7BrCl3NO/c14-12-9(16)2-1-3-11(12)18-13(19)8-5-4-7(15)6-10(8)17/h1-6H,(H,18,19). The summed E-state index contributed by atoms with van der Waals surface area (Å²) in [6, 6.07) is 9.89. The van der Waals surface area contributed by atoms with Gasteiger partial charge in [-0.15, -0.1) is 0 Å². The molecule has 0 aliphatic carbocycles. The van der Waals surface area contributed by atoms with E-state index in [1.54, 1.807) is 30.3 Å². The molecule has 0 saturated heterocycles. The number of benzene rings is 2. The van der Waals surface area contributed by atoms with E-state index in [1.165, 1.54) is 6.07 Å². The van der Waals surface area contributed by atoms with Crippen molar-refractivity contribution in [1.82, 2.24) is 0 Å². The maximum Gasteiger partial charge on any atom is 0.257 e. The fraction of sp³-hybridized carbons (Fsp3) is 0. The number of anilines is 1. The molecule has 0 aliphatic rings. The highest BCUT2D eigenvalue weighted by atomic mass is 79.9. The predicted octanol–water partition coefficient (Wildman–Crippen LogP) is 5.66. The average Bonchev–Trinajstić information content (AvgIpc) is 2.34. The van der Waals surface area contributed by atoms with Crippen LogP contribution in [-0.4, -0.2) is 5.91 Å². The Kier molecular flexibility index (Phi) is 4.74. The molecule has 2 rings (SSSR count). The zero-order chi connectivity index (χ0) is 14.0. The lowest BCUT2D eigenvalue weighted by molar-refractivity contribution is 0.102. The third-order valence-electron chi connectivity index (χ3n) is 2.38. The largest absolute Gasteiger partial charge is 0.321 e. The Morgan fingerprint density at radius 2 is 1.79 bits per heavy atom. The predicted molar refractivity (Wildman–Crippen MR) is 83.6 cm³/mol. The van der Waals surface area contributed by atoms with Crippen molar-refractivity contribution in [3.05, 3.63) is 61.5 Å². The Hall–Kier alpha value is -0.740. The Bertz CT molecular complexity index is 646. The molecule has 2 aromatic rings. The van der Waals surface area contributed by atoms with E-state index in [9.17, 15) is 4.79 Å². The summed E-state index contributed by atoms with van der Waals surface area (Å²) >= 11 is 21.0. The molecular weight excluding hydrogens is 372 g/mol. The van der Waals surface area contributed by atoms with Gasteiger partial charge in [0.15, 0.2) is 0 Å². The molecule has 0 spiro atoms. The fourth-order valence-electron chi connectivity index (χ4n) is 1.46. The molecule has 0 saturated carbocycles. The Balaban J connectivity index is 2.28.